The van der Waals surface area contributed by atoms with Gasteiger partial charge in [0.1, 0.15) is 0 Å². The van der Waals surface area contributed by atoms with Crippen molar-refractivity contribution < 1.29 is 4.74 Å². The summed E-state index contributed by atoms with van der Waals surface area (Å²) < 4.78 is 5.92. The van der Waals surface area contributed by atoms with Crippen LogP contribution in [0.3, 0.4) is 0 Å². The Kier molecular flexibility index (Phi) is 7.36. The number of ether oxygens (including phenoxy) is 1. The molecule has 0 spiro atoms. The second-order valence-corrected chi connectivity index (χ2v) is 8.57. The summed E-state index contributed by atoms with van der Waals surface area (Å²) in [6, 6.07) is 24.6. The zero-order valence-electron chi connectivity index (χ0n) is 18.4. The smallest absolute Gasteiger partial charge is 0.0864 e. The first-order valence-electron chi connectivity index (χ1n) is 10.5. The molecule has 4 rings (SSSR count). The molecular formula is C27H32ClNO. The Morgan fingerprint density at radius 3 is 1.93 bits per heavy atom. The van der Waals surface area contributed by atoms with Gasteiger partial charge in [0.15, 0.2) is 0 Å². The predicted molar refractivity (Wildman–Crippen MR) is 129 cm³/mol. The highest BCUT2D eigenvalue weighted by molar-refractivity contribution is 5.85. The summed E-state index contributed by atoms with van der Waals surface area (Å²) in [5.41, 5.74) is 9.19. The van der Waals surface area contributed by atoms with E-state index in [0.717, 1.165) is 13.0 Å². The molecule has 0 fully saturated rings. The molecule has 0 aliphatic heterocycles. The minimum absolute atomic E-state index is 0. The van der Waals surface area contributed by atoms with Crippen LogP contribution in [0.5, 0.6) is 0 Å². The number of aryl methyl sites for hydroxylation is 2. The van der Waals surface area contributed by atoms with Crippen LogP contribution in [0.25, 0.3) is 22.3 Å². The van der Waals surface area contributed by atoms with E-state index in [1.807, 2.05) is 7.11 Å². The highest BCUT2D eigenvalue weighted by Gasteiger charge is 2.30. The van der Waals surface area contributed by atoms with Crippen molar-refractivity contribution in [3.05, 3.63) is 83.4 Å². The molecule has 3 aromatic rings. The largest absolute Gasteiger partial charge is 0.376 e. The van der Waals surface area contributed by atoms with Gasteiger partial charge >= 0.3 is 0 Å². The third-order valence-corrected chi connectivity index (χ3v) is 6.12. The SMILES string of the molecule is COC1c2ccc(-c3ccc(-c4ccc(C)cc4)cc3)cc2CCC1CN(C)C.Cl. The van der Waals surface area contributed by atoms with Gasteiger partial charge < -0.3 is 9.64 Å². The van der Waals surface area contributed by atoms with E-state index in [4.69, 9.17) is 4.74 Å². The molecule has 0 radical (unpaired) electrons. The van der Waals surface area contributed by atoms with Crippen molar-refractivity contribution in [3.63, 3.8) is 0 Å². The fourth-order valence-corrected chi connectivity index (χ4v) is 4.60. The third-order valence-electron chi connectivity index (χ3n) is 6.12. The first-order valence-corrected chi connectivity index (χ1v) is 10.5. The van der Waals surface area contributed by atoms with Gasteiger partial charge in [-0.25, -0.2) is 0 Å². The van der Waals surface area contributed by atoms with Crippen LogP contribution in [0.15, 0.2) is 66.7 Å². The van der Waals surface area contributed by atoms with E-state index in [1.54, 1.807) is 0 Å². The average molecular weight is 422 g/mol. The molecule has 3 heteroatoms. The molecule has 2 unspecified atom stereocenters. The lowest BCUT2D eigenvalue weighted by molar-refractivity contribution is 0.0299. The summed E-state index contributed by atoms with van der Waals surface area (Å²) in [5.74, 6) is 0.558. The van der Waals surface area contributed by atoms with Crippen LogP contribution in [0.2, 0.25) is 0 Å². The van der Waals surface area contributed by atoms with E-state index >= 15 is 0 Å². The topological polar surface area (TPSA) is 12.5 Å². The van der Waals surface area contributed by atoms with Gasteiger partial charge in [-0.1, -0.05) is 72.3 Å². The maximum absolute atomic E-state index is 5.92. The molecule has 0 amide bonds. The van der Waals surface area contributed by atoms with E-state index in [1.165, 1.54) is 45.4 Å². The van der Waals surface area contributed by atoms with Crippen LogP contribution >= 0.6 is 12.4 Å². The Labute approximate surface area is 187 Å². The van der Waals surface area contributed by atoms with Crippen LogP contribution in [-0.4, -0.2) is 32.6 Å². The van der Waals surface area contributed by atoms with Gasteiger partial charge in [0, 0.05) is 19.6 Å². The van der Waals surface area contributed by atoms with Gasteiger partial charge in [0.2, 0.25) is 0 Å². The second-order valence-electron chi connectivity index (χ2n) is 8.57. The maximum atomic E-state index is 5.92. The monoisotopic (exact) mass is 421 g/mol. The maximum Gasteiger partial charge on any atom is 0.0864 e. The van der Waals surface area contributed by atoms with Crippen LogP contribution in [0, 0.1) is 12.8 Å². The van der Waals surface area contributed by atoms with Gasteiger partial charge in [-0.3, -0.25) is 0 Å². The number of hydrogen-bond acceptors (Lipinski definition) is 2. The molecule has 0 bridgehead atoms. The van der Waals surface area contributed by atoms with Crippen molar-refractivity contribution in [1.29, 1.82) is 0 Å². The van der Waals surface area contributed by atoms with Gasteiger partial charge in [-0.2, -0.15) is 0 Å². The number of nitrogens with zero attached hydrogens (tertiary/aromatic N) is 1. The lowest BCUT2D eigenvalue weighted by Gasteiger charge is -2.34. The molecule has 1 aliphatic rings. The lowest BCUT2D eigenvalue weighted by Crippen LogP contribution is -2.31. The molecule has 0 aromatic heterocycles. The Hall–Kier alpha value is -2.13. The summed E-state index contributed by atoms with van der Waals surface area (Å²) in [6.45, 7) is 3.19. The zero-order chi connectivity index (χ0) is 20.4. The molecule has 2 nitrogen and oxygen atoms in total. The van der Waals surface area contributed by atoms with Gasteiger partial charge in [0.05, 0.1) is 6.10 Å². The average Bonchev–Trinajstić information content (AvgIpc) is 2.73. The number of hydrogen-bond donors (Lipinski definition) is 0. The van der Waals surface area contributed by atoms with Crippen molar-refractivity contribution >= 4 is 12.4 Å². The van der Waals surface area contributed by atoms with E-state index < -0.39 is 0 Å². The summed E-state index contributed by atoms with van der Waals surface area (Å²) >= 11 is 0. The van der Waals surface area contributed by atoms with Gasteiger partial charge in [0.25, 0.3) is 0 Å². The van der Waals surface area contributed by atoms with Crippen molar-refractivity contribution in [3.8, 4) is 22.3 Å². The molecule has 0 N–H and O–H groups in total. The number of benzene rings is 3. The predicted octanol–water partition coefficient (Wildman–Crippen LogP) is 6.56. The van der Waals surface area contributed by atoms with Gasteiger partial charge in [-0.15, -0.1) is 12.4 Å². The number of rotatable bonds is 5. The number of methoxy groups -OCH3 is 1. The molecule has 0 saturated carbocycles. The highest BCUT2D eigenvalue weighted by atomic mass is 35.5. The summed E-state index contributed by atoms with van der Waals surface area (Å²) in [4.78, 5) is 2.27. The second kappa shape index (κ2) is 9.78. The molecular weight excluding hydrogens is 390 g/mol. The molecule has 158 valence electrons. The summed E-state index contributed by atoms with van der Waals surface area (Å²) in [7, 11) is 6.14. The normalized spacial score (nSPS) is 18.0. The van der Waals surface area contributed by atoms with Crippen molar-refractivity contribution in [1.82, 2.24) is 4.90 Å². The van der Waals surface area contributed by atoms with Gasteiger partial charge in [-0.05, 0) is 67.2 Å². The minimum Gasteiger partial charge on any atom is -0.376 e. The Morgan fingerprint density at radius 1 is 0.833 bits per heavy atom. The van der Waals surface area contributed by atoms with Crippen molar-refractivity contribution in [2.75, 3.05) is 27.7 Å². The molecule has 0 saturated heterocycles. The standard InChI is InChI=1S/C27H31NO.ClH/c1-19-5-7-20(8-6-19)21-9-11-22(12-10-21)23-15-16-26-24(17-23)13-14-25(18-28(2)3)27(26)29-4;/h5-12,15-17,25,27H,13-14,18H2,1-4H3;1H. The number of halogens is 1. The molecule has 30 heavy (non-hydrogen) atoms. The Morgan fingerprint density at radius 2 is 1.37 bits per heavy atom. The first-order chi connectivity index (χ1) is 14.0. The fraction of sp³-hybridized carbons (Fsp3) is 0.333. The van der Waals surface area contributed by atoms with Crippen LogP contribution < -0.4 is 0 Å². The highest BCUT2D eigenvalue weighted by Crippen LogP contribution is 2.39. The van der Waals surface area contributed by atoms with E-state index in [0.29, 0.717) is 5.92 Å². The summed E-state index contributed by atoms with van der Waals surface area (Å²) in [5, 5.41) is 0. The fourth-order valence-electron chi connectivity index (χ4n) is 4.60. The lowest BCUT2D eigenvalue weighted by atomic mass is 9.80. The van der Waals surface area contributed by atoms with E-state index in [9.17, 15) is 0 Å². The minimum atomic E-state index is 0. The van der Waals surface area contributed by atoms with E-state index in [-0.39, 0.29) is 18.5 Å². The van der Waals surface area contributed by atoms with E-state index in [2.05, 4.69) is 92.6 Å². The zero-order valence-corrected chi connectivity index (χ0v) is 19.2. The van der Waals surface area contributed by atoms with Crippen LogP contribution in [0.1, 0.15) is 29.2 Å². The molecule has 3 aromatic carbocycles. The van der Waals surface area contributed by atoms with Crippen molar-refractivity contribution in [2.24, 2.45) is 5.92 Å². The quantitative estimate of drug-likeness (QED) is 0.462. The van der Waals surface area contributed by atoms with Crippen molar-refractivity contribution in [2.45, 2.75) is 25.9 Å². The molecule has 2 atom stereocenters. The Balaban J connectivity index is 0.00000256. The van der Waals surface area contributed by atoms with Crippen LogP contribution in [-0.2, 0) is 11.2 Å². The Bertz CT molecular complexity index is 963. The van der Waals surface area contributed by atoms with Crippen LogP contribution in [0.4, 0.5) is 0 Å². The third kappa shape index (κ3) is 4.78. The first kappa shape index (κ1) is 22.6. The summed E-state index contributed by atoms with van der Waals surface area (Å²) in [6.07, 6.45) is 2.50. The number of fused-ring (bicyclic) bond motifs is 1. The molecule has 0 heterocycles. The molecule has 1 aliphatic carbocycles.